The molecular formula is C18H28O2. The van der Waals surface area contributed by atoms with E-state index in [1.165, 1.54) is 17.5 Å². The lowest BCUT2D eigenvalue weighted by Gasteiger charge is -2.19. The Labute approximate surface area is 123 Å². The number of carbonyl (C=O) groups is 1. The van der Waals surface area contributed by atoms with Gasteiger partial charge in [-0.15, -0.1) is 0 Å². The maximum atomic E-state index is 11.1. The highest BCUT2D eigenvalue weighted by Crippen LogP contribution is 2.24. The van der Waals surface area contributed by atoms with Gasteiger partial charge in [0.1, 0.15) is 0 Å². The summed E-state index contributed by atoms with van der Waals surface area (Å²) in [5, 5.41) is 9.11. The Bertz CT molecular complexity index is 435. The monoisotopic (exact) mass is 276 g/mol. The summed E-state index contributed by atoms with van der Waals surface area (Å²) in [7, 11) is 0. The molecule has 1 aromatic rings. The molecule has 0 heterocycles. The summed E-state index contributed by atoms with van der Waals surface area (Å²) < 4.78 is 0. The van der Waals surface area contributed by atoms with Crippen molar-refractivity contribution in [3.63, 3.8) is 0 Å². The second-order valence-corrected chi connectivity index (χ2v) is 7.57. The van der Waals surface area contributed by atoms with E-state index in [9.17, 15) is 4.79 Å². The number of hydrogen-bond donors (Lipinski definition) is 1. The summed E-state index contributed by atoms with van der Waals surface area (Å²) in [6, 6.07) is 8.62. The van der Waals surface area contributed by atoms with Crippen LogP contribution >= 0.6 is 0 Å². The van der Waals surface area contributed by atoms with Gasteiger partial charge in [0.25, 0.3) is 0 Å². The fraction of sp³-hybridized carbons (Fsp3) is 0.611. The molecule has 0 aliphatic rings. The molecule has 0 saturated heterocycles. The Hall–Kier alpha value is -1.31. The van der Waals surface area contributed by atoms with Crippen molar-refractivity contribution in [3.05, 3.63) is 35.4 Å². The van der Waals surface area contributed by atoms with Crippen LogP contribution in [0.25, 0.3) is 0 Å². The van der Waals surface area contributed by atoms with E-state index in [1.54, 1.807) is 13.8 Å². The molecule has 20 heavy (non-hydrogen) atoms. The fourth-order valence-electron chi connectivity index (χ4n) is 1.96. The van der Waals surface area contributed by atoms with Crippen molar-refractivity contribution in [2.45, 2.75) is 60.3 Å². The lowest BCUT2D eigenvalue weighted by Crippen LogP contribution is -2.24. The smallest absolute Gasteiger partial charge is 0.309 e. The first-order valence-corrected chi connectivity index (χ1v) is 7.41. The van der Waals surface area contributed by atoms with Crippen LogP contribution in [0.1, 0.15) is 58.6 Å². The van der Waals surface area contributed by atoms with Crippen molar-refractivity contribution in [3.8, 4) is 0 Å². The maximum Gasteiger partial charge on any atom is 0.309 e. The van der Waals surface area contributed by atoms with Crippen molar-refractivity contribution in [2.75, 3.05) is 0 Å². The van der Waals surface area contributed by atoms with E-state index in [1.807, 2.05) is 0 Å². The quantitative estimate of drug-likeness (QED) is 0.817. The molecule has 2 heteroatoms. The molecule has 0 unspecified atom stereocenters. The van der Waals surface area contributed by atoms with Gasteiger partial charge in [0.05, 0.1) is 5.41 Å². The van der Waals surface area contributed by atoms with Crippen LogP contribution in [0.5, 0.6) is 0 Å². The molecule has 0 aliphatic carbocycles. The molecule has 0 radical (unpaired) electrons. The lowest BCUT2D eigenvalue weighted by atomic mass is 9.86. The van der Waals surface area contributed by atoms with Crippen molar-refractivity contribution in [1.82, 2.24) is 0 Å². The Kier molecular flexibility index (Phi) is 5.38. The molecule has 0 amide bonds. The van der Waals surface area contributed by atoms with E-state index >= 15 is 0 Å². The van der Waals surface area contributed by atoms with Crippen LogP contribution in [-0.4, -0.2) is 11.1 Å². The van der Waals surface area contributed by atoms with Crippen LogP contribution in [0.4, 0.5) is 0 Å². The van der Waals surface area contributed by atoms with E-state index in [2.05, 4.69) is 45.0 Å². The highest BCUT2D eigenvalue weighted by molar-refractivity contribution is 5.73. The number of benzene rings is 1. The predicted molar refractivity (Wildman–Crippen MR) is 84.0 cm³/mol. The molecule has 0 bridgehead atoms. The molecule has 1 rings (SSSR count). The van der Waals surface area contributed by atoms with Crippen LogP contribution in [-0.2, 0) is 17.6 Å². The van der Waals surface area contributed by atoms with Crippen molar-refractivity contribution < 1.29 is 9.90 Å². The first kappa shape index (κ1) is 16.7. The summed E-state index contributed by atoms with van der Waals surface area (Å²) in [4.78, 5) is 11.1. The lowest BCUT2D eigenvalue weighted by molar-refractivity contribution is -0.147. The third-order valence-corrected chi connectivity index (χ3v) is 3.80. The summed E-state index contributed by atoms with van der Waals surface area (Å²) >= 11 is 0. The molecular weight excluding hydrogens is 248 g/mol. The minimum absolute atomic E-state index is 0.365. The van der Waals surface area contributed by atoms with E-state index < -0.39 is 11.4 Å². The zero-order chi connectivity index (χ0) is 15.4. The zero-order valence-electron chi connectivity index (χ0n) is 13.5. The molecule has 0 atom stereocenters. The summed E-state index contributed by atoms with van der Waals surface area (Å²) in [5.74, 6) is -0.723. The van der Waals surface area contributed by atoms with Gasteiger partial charge in [0.2, 0.25) is 0 Å². The minimum atomic E-state index is -0.723. The predicted octanol–water partition coefficient (Wildman–Crippen LogP) is 4.71. The van der Waals surface area contributed by atoms with Gasteiger partial charge in [-0.3, -0.25) is 4.79 Å². The molecule has 0 aliphatic heterocycles. The van der Waals surface area contributed by atoms with Gasteiger partial charge in [-0.1, -0.05) is 45.0 Å². The van der Waals surface area contributed by atoms with Crippen LogP contribution in [0.15, 0.2) is 24.3 Å². The normalized spacial score (nSPS) is 12.4. The van der Waals surface area contributed by atoms with Gasteiger partial charge >= 0.3 is 5.97 Å². The molecule has 1 aromatic carbocycles. The van der Waals surface area contributed by atoms with Crippen molar-refractivity contribution >= 4 is 5.97 Å². The van der Waals surface area contributed by atoms with Gasteiger partial charge in [-0.25, -0.2) is 0 Å². The molecule has 0 spiro atoms. The highest BCUT2D eigenvalue weighted by Gasteiger charge is 2.26. The van der Waals surface area contributed by atoms with Crippen LogP contribution in [0, 0.1) is 10.8 Å². The molecule has 0 fully saturated rings. The fourth-order valence-corrected chi connectivity index (χ4v) is 1.96. The van der Waals surface area contributed by atoms with Gasteiger partial charge in [0.15, 0.2) is 0 Å². The van der Waals surface area contributed by atoms with Gasteiger partial charge < -0.3 is 5.11 Å². The minimum Gasteiger partial charge on any atom is -0.481 e. The van der Waals surface area contributed by atoms with Crippen molar-refractivity contribution in [1.29, 1.82) is 0 Å². The zero-order valence-corrected chi connectivity index (χ0v) is 13.5. The number of aryl methyl sites for hydroxylation is 2. The standard InChI is InChI=1S/C18H28O2/c1-17(2,3)12-10-14-6-8-15(9-7-14)11-13-18(4,5)16(19)20/h6-9H,10-13H2,1-5H3,(H,19,20). The Morgan fingerprint density at radius 1 is 0.900 bits per heavy atom. The number of rotatable bonds is 6. The Balaban J connectivity index is 2.53. The van der Waals surface area contributed by atoms with E-state index in [0.717, 1.165) is 12.8 Å². The third-order valence-electron chi connectivity index (χ3n) is 3.80. The number of hydrogen-bond acceptors (Lipinski definition) is 1. The molecule has 112 valence electrons. The van der Waals surface area contributed by atoms with E-state index in [0.29, 0.717) is 11.8 Å². The first-order valence-electron chi connectivity index (χ1n) is 7.41. The molecule has 2 nitrogen and oxygen atoms in total. The average molecular weight is 276 g/mol. The SMILES string of the molecule is CC(C)(C)CCc1ccc(CCC(C)(C)C(=O)O)cc1. The summed E-state index contributed by atoms with van der Waals surface area (Å²) in [6.45, 7) is 10.3. The van der Waals surface area contributed by atoms with Gasteiger partial charge in [0, 0.05) is 0 Å². The van der Waals surface area contributed by atoms with Crippen LogP contribution in [0.2, 0.25) is 0 Å². The largest absolute Gasteiger partial charge is 0.481 e. The highest BCUT2D eigenvalue weighted by atomic mass is 16.4. The Morgan fingerprint density at radius 2 is 1.30 bits per heavy atom. The number of carboxylic acid groups (broad SMARTS) is 1. The van der Waals surface area contributed by atoms with Gasteiger partial charge in [-0.2, -0.15) is 0 Å². The Morgan fingerprint density at radius 3 is 1.65 bits per heavy atom. The molecule has 0 aromatic heterocycles. The second-order valence-electron chi connectivity index (χ2n) is 7.57. The van der Waals surface area contributed by atoms with Crippen LogP contribution in [0.3, 0.4) is 0 Å². The van der Waals surface area contributed by atoms with E-state index in [-0.39, 0.29) is 0 Å². The number of carboxylic acids is 1. The van der Waals surface area contributed by atoms with Crippen LogP contribution < -0.4 is 0 Å². The first-order chi connectivity index (χ1) is 9.10. The topological polar surface area (TPSA) is 37.3 Å². The summed E-state index contributed by atoms with van der Waals surface area (Å²) in [5.41, 5.74) is 2.30. The second kappa shape index (κ2) is 6.43. The third kappa shape index (κ3) is 5.77. The maximum absolute atomic E-state index is 11.1. The van der Waals surface area contributed by atoms with E-state index in [4.69, 9.17) is 5.11 Å². The molecule has 0 saturated carbocycles. The number of aliphatic carboxylic acids is 1. The average Bonchev–Trinajstić information content (AvgIpc) is 2.34. The summed E-state index contributed by atoms with van der Waals surface area (Å²) in [6.07, 6.45) is 3.77. The molecule has 1 N–H and O–H groups in total. The van der Waals surface area contributed by atoms with Crippen molar-refractivity contribution in [2.24, 2.45) is 10.8 Å². The van der Waals surface area contributed by atoms with Gasteiger partial charge in [-0.05, 0) is 56.1 Å².